The molecule has 0 aromatic heterocycles. The van der Waals surface area contributed by atoms with Crippen molar-refractivity contribution in [2.45, 2.75) is 46.0 Å². The number of rotatable bonds is 7. The molecule has 1 unspecified atom stereocenters. The lowest BCUT2D eigenvalue weighted by molar-refractivity contribution is -0.142. The highest BCUT2D eigenvalue weighted by molar-refractivity contribution is 5.69. The van der Waals surface area contributed by atoms with Crippen molar-refractivity contribution in [3.63, 3.8) is 0 Å². The van der Waals surface area contributed by atoms with Gasteiger partial charge in [-0.2, -0.15) is 0 Å². The molecule has 0 amide bonds. The van der Waals surface area contributed by atoms with Gasteiger partial charge in [0, 0.05) is 19.3 Å². The molecule has 92 valence electrons. The van der Waals surface area contributed by atoms with Crippen molar-refractivity contribution < 1.29 is 9.90 Å². The number of hydrogen-bond donors (Lipinski definition) is 1. The number of carboxylic acid groups (broad SMARTS) is 1. The molecular formula is C13H23NO2. The topological polar surface area (TPSA) is 40.5 Å². The molecule has 3 heteroatoms. The summed E-state index contributed by atoms with van der Waals surface area (Å²) < 4.78 is 0. The van der Waals surface area contributed by atoms with Crippen LogP contribution < -0.4 is 0 Å². The first-order valence-electron chi connectivity index (χ1n) is 6.18. The molecule has 1 atom stereocenters. The van der Waals surface area contributed by atoms with E-state index in [1.165, 1.54) is 24.1 Å². The van der Waals surface area contributed by atoms with Crippen LogP contribution in [0.3, 0.4) is 0 Å². The Labute approximate surface area is 98.1 Å². The summed E-state index contributed by atoms with van der Waals surface area (Å²) in [5, 5.41) is 9.05. The Hall–Kier alpha value is -0.990. The first-order valence-corrected chi connectivity index (χ1v) is 6.18. The highest BCUT2D eigenvalue weighted by Crippen LogP contribution is 2.32. The highest BCUT2D eigenvalue weighted by Gasteiger charge is 2.20. The maximum absolute atomic E-state index is 11.0. The van der Waals surface area contributed by atoms with E-state index in [4.69, 9.17) is 5.11 Å². The fourth-order valence-electron chi connectivity index (χ4n) is 1.95. The van der Waals surface area contributed by atoms with Crippen molar-refractivity contribution in [1.82, 2.24) is 4.90 Å². The zero-order valence-corrected chi connectivity index (χ0v) is 10.6. The van der Waals surface area contributed by atoms with Crippen molar-refractivity contribution in [1.29, 1.82) is 0 Å². The summed E-state index contributed by atoms with van der Waals surface area (Å²) in [6, 6.07) is 0. The molecule has 1 N–H and O–H groups in total. The SMILES string of the molecule is CCCC(CCN(C)C(C)=C1CC1)C(=O)O. The fraction of sp³-hybridized carbons (Fsp3) is 0.769. The number of hydrogen-bond acceptors (Lipinski definition) is 2. The lowest BCUT2D eigenvalue weighted by Gasteiger charge is -2.22. The number of carbonyl (C=O) groups is 1. The molecule has 0 aliphatic heterocycles. The molecule has 0 bridgehead atoms. The van der Waals surface area contributed by atoms with Crippen LogP contribution in [0.15, 0.2) is 11.3 Å². The van der Waals surface area contributed by atoms with Crippen LogP contribution in [-0.2, 0) is 4.79 Å². The Bertz CT molecular complexity index is 278. The summed E-state index contributed by atoms with van der Waals surface area (Å²) >= 11 is 0. The summed E-state index contributed by atoms with van der Waals surface area (Å²) in [7, 11) is 2.06. The van der Waals surface area contributed by atoms with E-state index < -0.39 is 5.97 Å². The monoisotopic (exact) mass is 225 g/mol. The first-order chi connectivity index (χ1) is 7.56. The van der Waals surface area contributed by atoms with Gasteiger partial charge >= 0.3 is 5.97 Å². The Morgan fingerprint density at radius 1 is 1.44 bits per heavy atom. The maximum atomic E-state index is 11.0. The van der Waals surface area contributed by atoms with E-state index in [9.17, 15) is 4.79 Å². The molecule has 16 heavy (non-hydrogen) atoms. The summed E-state index contributed by atoms with van der Waals surface area (Å²) in [5.41, 5.74) is 2.88. The number of nitrogens with zero attached hydrogens (tertiary/aromatic N) is 1. The predicted molar refractivity (Wildman–Crippen MR) is 65.2 cm³/mol. The van der Waals surface area contributed by atoms with E-state index >= 15 is 0 Å². The molecular weight excluding hydrogens is 202 g/mol. The van der Waals surface area contributed by atoms with Crippen molar-refractivity contribution in [2.75, 3.05) is 13.6 Å². The molecule has 1 fully saturated rings. The molecule has 0 aromatic carbocycles. The van der Waals surface area contributed by atoms with E-state index in [1.807, 2.05) is 6.92 Å². The predicted octanol–water partition coefficient (Wildman–Crippen LogP) is 2.88. The van der Waals surface area contributed by atoms with Crippen LogP contribution in [0.2, 0.25) is 0 Å². The molecule has 1 aliphatic rings. The Balaban J connectivity index is 2.36. The standard InChI is InChI=1S/C13H23NO2/c1-4-5-12(13(15)16)8-9-14(3)10(2)11-6-7-11/h12H,4-9H2,1-3H3,(H,15,16). The van der Waals surface area contributed by atoms with Gasteiger partial charge in [-0.3, -0.25) is 4.79 Å². The molecule has 3 nitrogen and oxygen atoms in total. The number of carboxylic acids is 1. The molecule has 0 saturated heterocycles. The van der Waals surface area contributed by atoms with E-state index in [0.717, 1.165) is 25.8 Å². The maximum Gasteiger partial charge on any atom is 0.306 e. The van der Waals surface area contributed by atoms with Gasteiger partial charge in [0.2, 0.25) is 0 Å². The summed E-state index contributed by atoms with van der Waals surface area (Å²) in [6.07, 6.45) is 4.95. The van der Waals surface area contributed by atoms with E-state index in [-0.39, 0.29) is 5.92 Å². The molecule has 1 saturated carbocycles. The average Bonchev–Trinajstić information content (AvgIpc) is 3.05. The number of allylic oxidation sites excluding steroid dienone is 2. The summed E-state index contributed by atoms with van der Waals surface area (Å²) in [6.45, 7) is 5.03. The fourth-order valence-corrected chi connectivity index (χ4v) is 1.95. The third-order valence-corrected chi connectivity index (χ3v) is 3.38. The Morgan fingerprint density at radius 2 is 2.06 bits per heavy atom. The zero-order valence-electron chi connectivity index (χ0n) is 10.6. The lowest BCUT2D eigenvalue weighted by Crippen LogP contribution is -2.23. The first kappa shape index (κ1) is 13.1. The third kappa shape index (κ3) is 3.87. The quantitative estimate of drug-likeness (QED) is 0.724. The van der Waals surface area contributed by atoms with Crippen molar-refractivity contribution in [2.24, 2.45) is 5.92 Å². The minimum absolute atomic E-state index is 0.176. The van der Waals surface area contributed by atoms with Crippen molar-refractivity contribution >= 4 is 5.97 Å². The summed E-state index contributed by atoms with van der Waals surface area (Å²) in [5.74, 6) is -0.823. The van der Waals surface area contributed by atoms with Crippen LogP contribution in [0.1, 0.15) is 46.0 Å². The van der Waals surface area contributed by atoms with Crippen LogP contribution in [-0.4, -0.2) is 29.6 Å². The van der Waals surface area contributed by atoms with Gasteiger partial charge in [-0.15, -0.1) is 0 Å². The highest BCUT2D eigenvalue weighted by atomic mass is 16.4. The van der Waals surface area contributed by atoms with Crippen LogP contribution >= 0.6 is 0 Å². The van der Waals surface area contributed by atoms with Gasteiger partial charge in [-0.25, -0.2) is 0 Å². The lowest BCUT2D eigenvalue weighted by atomic mass is 10.00. The molecule has 1 rings (SSSR count). The smallest absolute Gasteiger partial charge is 0.306 e. The van der Waals surface area contributed by atoms with Gasteiger partial charge in [0.25, 0.3) is 0 Å². The minimum Gasteiger partial charge on any atom is -0.481 e. The van der Waals surface area contributed by atoms with E-state index in [2.05, 4.69) is 18.9 Å². The molecule has 0 spiro atoms. The second-order valence-electron chi connectivity index (χ2n) is 4.72. The largest absolute Gasteiger partial charge is 0.481 e. The molecule has 1 aliphatic carbocycles. The van der Waals surface area contributed by atoms with Crippen LogP contribution in [0, 0.1) is 5.92 Å². The van der Waals surface area contributed by atoms with Crippen LogP contribution in [0.4, 0.5) is 0 Å². The zero-order chi connectivity index (χ0) is 12.1. The van der Waals surface area contributed by atoms with Gasteiger partial charge in [0.1, 0.15) is 0 Å². The second kappa shape index (κ2) is 5.92. The Kier molecular flexibility index (Phi) is 4.84. The van der Waals surface area contributed by atoms with Gasteiger partial charge in [-0.05, 0) is 32.6 Å². The van der Waals surface area contributed by atoms with Gasteiger partial charge in [-0.1, -0.05) is 18.9 Å². The van der Waals surface area contributed by atoms with Crippen LogP contribution in [0.25, 0.3) is 0 Å². The van der Waals surface area contributed by atoms with Gasteiger partial charge < -0.3 is 10.0 Å². The normalized spacial score (nSPS) is 15.8. The van der Waals surface area contributed by atoms with Crippen molar-refractivity contribution in [3.8, 4) is 0 Å². The average molecular weight is 225 g/mol. The van der Waals surface area contributed by atoms with Gasteiger partial charge in [0.05, 0.1) is 5.92 Å². The second-order valence-corrected chi connectivity index (χ2v) is 4.72. The van der Waals surface area contributed by atoms with E-state index in [1.54, 1.807) is 0 Å². The van der Waals surface area contributed by atoms with Gasteiger partial charge in [0.15, 0.2) is 0 Å². The summed E-state index contributed by atoms with van der Waals surface area (Å²) in [4.78, 5) is 13.2. The molecule has 0 radical (unpaired) electrons. The Morgan fingerprint density at radius 3 is 2.50 bits per heavy atom. The van der Waals surface area contributed by atoms with Crippen molar-refractivity contribution in [3.05, 3.63) is 11.3 Å². The molecule has 0 aromatic rings. The van der Waals surface area contributed by atoms with Crippen LogP contribution in [0.5, 0.6) is 0 Å². The number of aliphatic carboxylic acids is 1. The minimum atomic E-state index is -0.646. The van der Waals surface area contributed by atoms with E-state index in [0.29, 0.717) is 0 Å². The third-order valence-electron chi connectivity index (χ3n) is 3.38. The molecule has 0 heterocycles.